The molecule has 1 fully saturated rings. The van der Waals surface area contributed by atoms with Gasteiger partial charge in [-0.3, -0.25) is 9.80 Å². The molecule has 0 saturated carbocycles. The van der Waals surface area contributed by atoms with Gasteiger partial charge in [-0.2, -0.15) is 0 Å². The SMILES string of the molecule is Fc1cc(CN2CCN(C3C=CC4=C(CCC=C4)c4ccccc43)CC2)ccc1Cl. The highest BCUT2D eigenvalue weighted by atomic mass is 35.5. The first kappa shape index (κ1) is 19.7. The number of hydrogen-bond donors (Lipinski definition) is 0. The quantitative estimate of drug-likeness (QED) is 0.599. The lowest BCUT2D eigenvalue weighted by atomic mass is 9.89. The van der Waals surface area contributed by atoms with E-state index in [-0.39, 0.29) is 10.8 Å². The summed E-state index contributed by atoms with van der Waals surface area (Å²) in [5.41, 5.74) is 6.65. The third kappa shape index (κ3) is 3.90. The lowest BCUT2D eigenvalue weighted by Gasteiger charge is -2.39. The van der Waals surface area contributed by atoms with Crippen LogP contribution in [-0.2, 0) is 6.54 Å². The first-order valence-electron chi connectivity index (χ1n) is 10.8. The van der Waals surface area contributed by atoms with Crippen LogP contribution in [0.4, 0.5) is 4.39 Å². The van der Waals surface area contributed by atoms with E-state index in [9.17, 15) is 4.39 Å². The summed E-state index contributed by atoms with van der Waals surface area (Å²) in [6.45, 7) is 4.72. The van der Waals surface area contributed by atoms with Gasteiger partial charge in [0.05, 0.1) is 11.1 Å². The Balaban J connectivity index is 1.31. The number of halogens is 2. The smallest absolute Gasteiger partial charge is 0.142 e. The Hall–Kier alpha value is -2.20. The maximum absolute atomic E-state index is 13.8. The van der Waals surface area contributed by atoms with Gasteiger partial charge < -0.3 is 0 Å². The van der Waals surface area contributed by atoms with E-state index in [0.29, 0.717) is 6.04 Å². The highest BCUT2D eigenvalue weighted by Gasteiger charge is 2.27. The van der Waals surface area contributed by atoms with Crippen molar-refractivity contribution in [2.75, 3.05) is 26.2 Å². The number of piperazine rings is 1. The lowest BCUT2D eigenvalue weighted by Crippen LogP contribution is -2.46. The summed E-state index contributed by atoms with van der Waals surface area (Å²) in [5, 5.41) is 0.188. The molecule has 1 atom stereocenters. The van der Waals surface area contributed by atoms with Gasteiger partial charge in [0.25, 0.3) is 0 Å². The number of nitrogens with zero attached hydrogens (tertiary/aromatic N) is 2. The van der Waals surface area contributed by atoms with E-state index in [1.807, 2.05) is 6.07 Å². The minimum atomic E-state index is -0.335. The fourth-order valence-electron chi connectivity index (χ4n) is 4.87. The van der Waals surface area contributed by atoms with Crippen molar-refractivity contribution < 1.29 is 4.39 Å². The molecule has 0 N–H and O–H groups in total. The fraction of sp³-hybridized carbons (Fsp3) is 0.308. The van der Waals surface area contributed by atoms with Gasteiger partial charge in [-0.25, -0.2) is 4.39 Å². The van der Waals surface area contributed by atoms with Crippen LogP contribution in [-0.4, -0.2) is 36.0 Å². The molecule has 1 saturated heterocycles. The minimum Gasteiger partial charge on any atom is -0.297 e. The molecule has 2 aromatic carbocycles. The zero-order valence-corrected chi connectivity index (χ0v) is 17.8. The summed E-state index contributed by atoms with van der Waals surface area (Å²) >= 11 is 5.82. The average molecular weight is 421 g/mol. The second kappa shape index (κ2) is 8.50. The molecule has 1 unspecified atom stereocenters. The van der Waals surface area contributed by atoms with Gasteiger partial charge >= 0.3 is 0 Å². The molecule has 2 aliphatic carbocycles. The van der Waals surface area contributed by atoms with Crippen molar-refractivity contribution in [3.8, 4) is 0 Å². The summed E-state index contributed by atoms with van der Waals surface area (Å²) < 4.78 is 13.8. The predicted molar refractivity (Wildman–Crippen MR) is 122 cm³/mol. The third-order valence-electron chi connectivity index (χ3n) is 6.46. The van der Waals surface area contributed by atoms with E-state index in [4.69, 9.17) is 11.6 Å². The van der Waals surface area contributed by atoms with E-state index in [2.05, 4.69) is 58.4 Å². The molecule has 0 aromatic heterocycles. The van der Waals surface area contributed by atoms with Gasteiger partial charge in [0, 0.05) is 32.7 Å². The van der Waals surface area contributed by atoms with Crippen molar-refractivity contribution in [3.63, 3.8) is 0 Å². The van der Waals surface area contributed by atoms with Crippen LogP contribution in [0.2, 0.25) is 5.02 Å². The molecule has 0 amide bonds. The van der Waals surface area contributed by atoms with Gasteiger partial charge in [0.2, 0.25) is 0 Å². The monoisotopic (exact) mass is 420 g/mol. The molecule has 30 heavy (non-hydrogen) atoms. The Kier molecular flexibility index (Phi) is 5.60. The Morgan fingerprint density at radius 2 is 1.83 bits per heavy atom. The van der Waals surface area contributed by atoms with Crippen molar-refractivity contribution in [2.45, 2.75) is 25.4 Å². The van der Waals surface area contributed by atoms with Crippen LogP contribution in [0, 0.1) is 5.82 Å². The lowest BCUT2D eigenvalue weighted by molar-refractivity contribution is 0.107. The number of benzene rings is 2. The molecule has 1 aliphatic heterocycles. The Bertz CT molecular complexity index is 1030. The molecule has 2 aromatic rings. The van der Waals surface area contributed by atoms with Crippen LogP contribution in [0.5, 0.6) is 0 Å². The summed E-state index contributed by atoms with van der Waals surface area (Å²) in [5.74, 6) is -0.335. The first-order chi connectivity index (χ1) is 14.7. The molecule has 2 nitrogen and oxygen atoms in total. The highest BCUT2D eigenvalue weighted by molar-refractivity contribution is 6.30. The topological polar surface area (TPSA) is 6.48 Å². The molecule has 0 spiro atoms. The second-order valence-electron chi connectivity index (χ2n) is 8.33. The predicted octanol–water partition coefficient (Wildman–Crippen LogP) is 6.01. The number of hydrogen-bond acceptors (Lipinski definition) is 2. The van der Waals surface area contributed by atoms with E-state index in [0.717, 1.165) is 51.1 Å². The van der Waals surface area contributed by atoms with Crippen molar-refractivity contribution in [3.05, 3.63) is 99.9 Å². The molecule has 3 aliphatic rings. The van der Waals surface area contributed by atoms with Crippen molar-refractivity contribution in [1.82, 2.24) is 9.80 Å². The Morgan fingerprint density at radius 1 is 1.00 bits per heavy atom. The summed E-state index contributed by atoms with van der Waals surface area (Å²) in [6, 6.07) is 14.3. The molecule has 0 bridgehead atoms. The normalized spacial score (nSPS) is 22.0. The second-order valence-corrected chi connectivity index (χ2v) is 8.73. The zero-order chi connectivity index (χ0) is 20.5. The molecule has 5 rings (SSSR count). The first-order valence-corrected chi connectivity index (χ1v) is 11.1. The van der Waals surface area contributed by atoms with Crippen LogP contribution in [0.3, 0.4) is 0 Å². The van der Waals surface area contributed by atoms with Crippen molar-refractivity contribution in [1.29, 1.82) is 0 Å². The molecule has 4 heteroatoms. The number of fused-ring (bicyclic) bond motifs is 2. The Morgan fingerprint density at radius 3 is 2.67 bits per heavy atom. The van der Waals surface area contributed by atoms with Crippen LogP contribution in [0.1, 0.15) is 35.6 Å². The van der Waals surface area contributed by atoms with Crippen molar-refractivity contribution in [2.24, 2.45) is 0 Å². The number of rotatable bonds is 3. The van der Waals surface area contributed by atoms with Crippen LogP contribution in [0.25, 0.3) is 5.57 Å². The van der Waals surface area contributed by atoms with Gasteiger partial charge in [-0.05, 0) is 52.8 Å². The molecule has 0 radical (unpaired) electrons. The maximum atomic E-state index is 13.8. The molecule has 1 heterocycles. The van der Waals surface area contributed by atoms with Gasteiger partial charge in [-0.15, -0.1) is 0 Å². The van der Waals surface area contributed by atoms with Gasteiger partial charge in [-0.1, -0.05) is 66.2 Å². The van der Waals surface area contributed by atoms with E-state index >= 15 is 0 Å². The third-order valence-corrected chi connectivity index (χ3v) is 6.77. The summed E-state index contributed by atoms with van der Waals surface area (Å²) in [6.07, 6.45) is 11.5. The standard InChI is InChI=1S/C26H26ClFN2/c27-24-11-9-19(17-25(24)28)18-29-13-15-30(16-14-29)26-12-10-20-5-1-2-6-21(20)22-7-3-4-8-23(22)26/h1,3-5,7-12,17,26H,2,6,13-16,18H2. The zero-order valence-electron chi connectivity index (χ0n) is 17.0. The average Bonchev–Trinajstić information content (AvgIpc) is 2.94. The van der Waals surface area contributed by atoms with E-state index in [1.54, 1.807) is 12.1 Å². The van der Waals surface area contributed by atoms with Crippen LogP contribution >= 0.6 is 11.6 Å². The largest absolute Gasteiger partial charge is 0.297 e. The Labute approximate surface area is 182 Å². The van der Waals surface area contributed by atoms with Crippen molar-refractivity contribution >= 4 is 17.2 Å². The van der Waals surface area contributed by atoms with Gasteiger partial charge in [0.15, 0.2) is 0 Å². The summed E-state index contributed by atoms with van der Waals surface area (Å²) in [4.78, 5) is 4.98. The molecular weight excluding hydrogens is 395 g/mol. The highest BCUT2D eigenvalue weighted by Crippen LogP contribution is 2.39. The maximum Gasteiger partial charge on any atom is 0.142 e. The number of allylic oxidation sites excluding steroid dienone is 5. The molecule has 154 valence electrons. The van der Waals surface area contributed by atoms with Crippen LogP contribution < -0.4 is 0 Å². The van der Waals surface area contributed by atoms with Gasteiger partial charge in [0.1, 0.15) is 5.82 Å². The summed E-state index contributed by atoms with van der Waals surface area (Å²) in [7, 11) is 0. The molecular formula is C26H26ClFN2. The van der Waals surface area contributed by atoms with E-state index in [1.165, 1.54) is 22.3 Å². The fourth-order valence-corrected chi connectivity index (χ4v) is 4.99. The van der Waals surface area contributed by atoms with Crippen LogP contribution in [0.15, 0.2) is 72.3 Å². The van der Waals surface area contributed by atoms with E-state index < -0.39 is 0 Å². The minimum absolute atomic E-state index is 0.188.